The maximum atomic E-state index is 14.6. The number of anilines is 1. The average Bonchev–Trinajstić information content (AvgIpc) is 3.57. The van der Waals surface area contributed by atoms with Crippen molar-refractivity contribution in [2.24, 2.45) is 17.8 Å². The Morgan fingerprint density at radius 2 is 2.03 bits per heavy atom. The highest BCUT2D eigenvalue weighted by atomic mass is 35.5. The molecule has 38 heavy (non-hydrogen) atoms. The molecule has 5 rings (SSSR count). The number of hydrogen-bond acceptors (Lipinski definition) is 7. The van der Waals surface area contributed by atoms with Gasteiger partial charge in [0.2, 0.25) is 11.9 Å². The second-order valence-corrected chi connectivity index (χ2v) is 10.6. The third-order valence-electron chi connectivity index (χ3n) is 7.50. The number of piperidine rings is 1. The first-order chi connectivity index (χ1) is 18.4. The summed E-state index contributed by atoms with van der Waals surface area (Å²) < 4.78 is 20.5. The molecular formula is C26H31ClFN7O3. The predicted octanol–water partition coefficient (Wildman–Crippen LogP) is 3.20. The van der Waals surface area contributed by atoms with Gasteiger partial charge in [-0.3, -0.25) is 9.78 Å². The Labute approximate surface area is 224 Å². The van der Waals surface area contributed by atoms with E-state index in [0.29, 0.717) is 40.6 Å². The summed E-state index contributed by atoms with van der Waals surface area (Å²) in [5.41, 5.74) is -0.145. The molecule has 2 aliphatic rings. The van der Waals surface area contributed by atoms with Gasteiger partial charge in [-0.15, -0.1) is 0 Å². The number of aromatic amines is 2. The van der Waals surface area contributed by atoms with Gasteiger partial charge < -0.3 is 14.5 Å². The standard InChI is InChI=1S/C26H31ClFN7O3/c1-34(15-23-31-26(37)33-32-23)24(36)11-18-2-3-20(12-22(18)28)38-9-6-17-10-21(17)16-4-7-35(8-5-16)25-29-13-19(27)14-30-25/h2-3,12-14,16-17,21H,4-11,15H2,1H3,(H2,31,32,33,37). The molecule has 1 saturated heterocycles. The number of hydrogen-bond donors (Lipinski definition) is 2. The Morgan fingerprint density at radius 1 is 1.26 bits per heavy atom. The first kappa shape index (κ1) is 26.1. The third kappa shape index (κ3) is 6.50. The highest BCUT2D eigenvalue weighted by molar-refractivity contribution is 6.30. The van der Waals surface area contributed by atoms with Crippen molar-refractivity contribution >= 4 is 23.5 Å². The Balaban J connectivity index is 1.02. The van der Waals surface area contributed by atoms with Crippen LogP contribution in [0.15, 0.2) is 35.4 Å². The molecule has 0 bridgehead atoms. The van der Waals surface area contributed by atoms with Crippen LogP contribution in [0, 0.1) is 23.6 Å². The molecule has 10 nitrogen and oxygen atoms in total. The number of ether oxygens (including phenoxy) is 1. The van der Waals surface area contributed by atoms with E-state index >= 15 is 0 Å². The van der Waals surface area contributed by atoms with Gasteiger partial charge in [-0.25, -0.2) is 24.3 Å². The quantitative estimate of drug-likeness (QED) is 0.403. The summed E-state index contributed by atoms with van der Waals surface area (Å²) in [7, 11) is 1.58. The number of nitrogens with zero attached hydrogens (tertiary/aromatic N) is 5. The minimum atomic E-state index is -0.474. The maximum Gasteiger partial charge on any atom is 0.340 e. The molecule has 0 spiro atoms. The Bertz CT molecular complexity index is 1310. The molecule has 2 atom stereocenters. The van der Waals surface area contributed by atoms with Gasteiger partial charge in [-0.05, 0) is 55.1 Å². The van der Waals surface area contributed by atoms with E-state index < -0.39 is 11.5 Å². The topological polar surface area (TPSA) is 120 Å². The molecule has 2 N–H and O–H groups in total. The van der Waals surface area contributed by atoms with Crippen LogP contribution in [0.2, 0.25) is 5.02 Å². The van der Waals surface area contributed by atoms with Crippen LogP contribution >= 0.6 is 11.6 Å². The Morgan fingerprint density at radius 3 is 2.71 bits per heavy atom. The summed E-state index contributed by atoms with van der Waals surface area (Å²) in [4.78, 5) is 38.3. The second-order valence-electron chi connectivity index (χ2n) is 10.1. The van der Waals surface area contributed by atoms with Gasteiger partial charge in [-0.1, -0.05) is 17.7 Å². The lowest BCUT2D eigenvalue weighted by Gasteiger charge is -2.32. The predicted molar refractivity (Wildman–Crippen MR) is 139 cm³/mol. The number of carbonyl (C=O) groups is 1. The maximum absolute atomic E-state index is 14.6. The molecule has 202 valence electrons. The van der Waals surface area contributed by atoms with Crippen LogP contribution in [-0.4, -0.2) is 62.7 Å². The first-order valence-electron chi connectivity index (χ1n) is 12.9. The van der Waals surface area contributed by atoms with Crippen LogP contribution in [0.3, 0.4) is 0 Å². The summed E-state index contributed by atoms with van der Waals surface area (Å²) in [6.07, 6.45) is 7.62. The minimum Gasteiger partial charge on any atom is -0.493 e. The summed E-state index contributed by atoms with van der Waals surface area (Å²) in [5, 5.41) is 6.58. The SMILES string of the molecule is CN(Cc1n[nH]c(=O)[nH]1)C(=O)Cc1ccc(OCCC2CC2C2CCN(c3ncc(Cl)cn3)CC2)cc1F. The van der Waals surface area contributed by atoms with E-state index in [-0.39, 0.29) is 18.9 Å². The summed E-state index contributed by atoms with van der Waals surface area (Å²) in [6.45, 7) is 2.58. The van der Waals surface area contributed by atoms with E-state index in [0.717, 1.165) is 44.2 Å². The number of benzene rings is 1. The van der Waals surface area contributed by atoms with Crippen molar-refractivity contribution < 1.29 is 13.9 Å². The molecule has 0 radical (unpaired) electrons. The van der Waals surface area contributed by atoms with Gasteiger partial charge >= 0.3 is 5.69 Å². The Hall–Kier alpha value is -3.47. The normalized spacial score (nSPS) is 19.4. The van der Waals surface area contributed by atoms with Crippen molar-refractivity contribution in [3.63, 3.8) is 0 Å². The molecule has 2 unspecified atom stereocenters. The molecule has 3 heterocycles. The van der Waals surface area contributed by atoms with Gasteiger partial charge in [0.05, 0.1) is 37.0 Å². The smallest absolute Gasteiger partial charge is 0.340 e. The number of halogens is 2. The van der Waals surface area contributed by atoms with Crippen LogP contribution in [0.4, 0.5) is 10.3 Å². The summed E-state index contributed by atoms with van der Waals surface area (Å²) in [6, 6.07) is 4.63. The molecule has 2 aromatic heterocycles. The van der Waals surface area contributed by atoms with Crippen molar-refractivity contribution in [3.05, 3.63) is 63.3 Å². The summed E-state index contributed by atoms with van der Waals surface area (Å²) in [5.74, 6) is 2.89. The van der Waals surface area contributed by atoms with Crippen LogP contribution in [-0.2, 0) is 17.8 Å². The van der Waals surface area contributed by atoms with Crippen LogP contribution in [0.25, 0.3) is 0 Å². The third-order valence-corrected chi connectivity index (χ3v) is 7.69. The van der Waals surface area contributed by atoms with Crippen molar-refractivity contribution in [3.8, 4) is 5.75 Å². The molecular weight excluding hydrogens is 513 g/mol. The fourth-order valence-corrected chi connectivity index (χ4v) is 5.35. The lowest BCUT2D eigenvalue weighted by molar-refractivity contribution is -0.129. The van der Waals surface area contributed by atoms with Gasteiger partial charge in [0.25, 0.3) is 0 Å². The molecule has 1 aliphatic heterocycles. The van der Waals surface area contributed by atoms with Crippen LogP contribution < -0.4 is 15.3 Å². The fourth-order valence-electron chi connectivity index (χ4n) is 5.26. The van der Waals surface area contributed by atoms with Gasteiger partial charge in [-0.2, -0.15) is 5.10 Å². The molecule has 1 saturated carbocycles. The number of aromatic nitrogens is 5. The zero-order valence-electron chi connectivity index (χ0n) is 21.2. The van der Waals surface area contributed by atoms with Crippen LogP contribution in [0.5, 0.6) is 5.75 Å². The highest BCUT2D eigenvalue weighted by Gasteiger charge is 2.43. The van der Waals surface area contributed by atoms with E-state index in [1.807, 2.05) is 0 Å². The molecule has 1 amide bonds. The molecule has 3 aromatic rings. The van der Waals surface area contributed by atoms with Gasteiger partial charge in [0.1, 0.15) is 11.6 Å². The molecule has 1 aliphatic carbocycles. The van der Waals surface area contributed by atoms with Crippen molar-refractivity contribution in [2.45, 2.75) is 38.6 Å². The Kier molecular flexibility index (Phi) is 7.92. The lowest BCUT2D eigenvalue weighted by atomic mass is 9.90. The number of amides is 1. The number of carbonyl (C=O) groups excluding carboxylic acids is 1. The largest absolute Gasteiger partial charge is 0.493 e. The van der Waals surface area contributed by atoms with E-state index in [2.05, 4.69) is 30.0 Å². The van der Waals surface area contributed by atoms with E-state index in [4.69, 9.17) is 16.3 Å². The highest BCUT2D eigenvalue weighted by Crippen LogP contribution is 2.49. The average molecular weight is 544 g/mol. The summed E-state index contributed by atoms with van der Waals surface area (Å²) >= 11 is 5.89. The zero-order valence-corrected chi connectivity index (χ0v) is 22.0. The fraction of sp³-hybridized carbons (Fsp3) is 0.500. The number of H-pyrrole nitrogens is 2. The van der Waals surface area contributed by atoms with Gasteiger partial charge in [0, 0.05) is 26.2 Å². The van der Waals surface area contributed by atoms with Crippen LogP contribution in [0.1, 0.15) is 37.1 Å². The van der Waals surface area contributed by atoms with E-state index in [9.17, 15) is 14.0 Å². The van der Waals surface area contributed by atoms with E-state index in [1.165, 1.54) is 17.4 Å². The second kappa shape index (κ2) is 11.5. The van der Waals surface area contributed by atoms with Crippen molar-refractivity contribution in [2.75, 3.05) is 31.6 Å². The minimum absolute atomic E-state index is 0.0933. The lowest BCUT2D eigenvalue weighted by Crippen LogP contribution is -2.35. The van der Waals surface area contributed by atoms with Crippen molar-refractivity contribution in [1.82, 2.24) is 30.0 Å². The zero-order chi connectivity index (χ0) is 26.6. The molecule has 1 aromatic carbocycles. The van der Waals surface area contributed by atoms with E-state index in [1.54, 1.807) is 31.6 Å². The number of nitrogens with one attached hydrogen (secondary N) is 2. The first-order valence-corrected chi connectivity index (χ1v) is 13.2. The molecule has 12 heteroatoms. The monoisotopic (exact) mass is 543 g/mol. The van der Waals surface area contributed by atoms with Crippen molar-refractivity contribution in [1.29, 1.82) is 0 Å². The van der Waals surface area contributed by atoms with Gasteiger partial charge in [0.15, 0.2) is 5.82 Å². The number of rotatable bonds is 10. The molecule has 2 fully saturated rings. The number of likely N-dealkylation sites (N-methyl/N-ethyl adjacent to an activating group) is 1.